The van der Waals surface area contributed by atoms with Gasteiger partial charge in [-0.05, 0) is 42.5 Å². The molecule has 3 aromatic rings. The van der Waals surface area contributed by atoms with E-state index in [-0.39, 0.29) is 11.5 Å². The molecule has 2 aromatic carbocycles. The maximum atomic E-state index is 14.1. The van der Waals surface area contributed by atoms with E-state index in [9.17, 15) is 9.18 Å². The van der Waals surface area contributed by atoms with E-state index in [0.29, 0.717) is 22.6 Å². The van der Waals surface area contributed by atoms with Crippen LogP contribution in [0.4, 0.5) is 15.8 Å². The van der Waals surface area contributed by atoms with E-state index in [0.717, 1.165) is 5.39 Å². The molecule has 25 heavy (non-hydrogen) atoms. The average Bonchev–Trinajstić information content (AvgIpc) is 2.61. The number of hydrogen-bond acceptors (Lipinski definition) is 4. The average molecular weight is 339 g/mol. The van der Waals surface area contributed by atoms with Gasteiger partial charge in [-0.15, -0.1) is 0 Å². The van der Waals surface area contributed by atoms with Crippen LogP contribution < -0.4 is 15.0 Å². The van der Waals surface area contributed by atoms with E-state index in [1.165, 1.54) is 6.07 Å². The minimum absolute atomic E-state index is 0.246. The quantitative estimate of drug-likeness (QED) is 0.787. The number of methoxy groups -OCH3 is 1. The second-order valence-corrected chi connectivity index (χ2v) is 5.73. The fraction of sp³-hybridized carbons (Fsp3) is 0.158. The van der Waals surface area contributed by atoms with Crippen molar-refractivity contribution in [2.75, 3.05) is 31.4 Å². The number of nitrogens with one attached hydrogen (secondary N) is 1. The summed E-state index contributed by atoms with van der Waals surface area (Å²) in [6, 6.07) is 11.5. The number of ether oxygens (including phenoxy) is 1. The molecule has 3 rings (SSSR count). The number of fused-ring (bicyclic) bond motifs is 1. The highest BCUT2D eigenvalue weighted by Crippen LogP contribution is 2.30. The standard InChI is InChI=1S/C19H18FN3O2/c1-23(2)16-8-6-12(11-14(16)20)19(24)22-15-7-9-17(25-3)18-13(15)5-4-10-21-18/h4-11H,1-3H3,(H,22,24). The number of rotatable bonds is 4. The number of amides is 1. The van der Waals surface area contributed by atoms with Crippen molar-refractivity contribution in [3.8, 4) is 5.75 Å². The first-order valence-corrected chi connectivity index (χ1v) is 7.71. The Morgan fingerprint density at radius 2 is 2.00 bits per heavy atom. The molecule has 0 radical (unpaired) electrons. The molecule has 0 aliphatic carbocycles. The predicted molar refractivity (Wildman–Crippen MR) is 97.0 cm³/mol. The Labute approximate surface area is 145 Å². The maximum Gasteiger partial charge on any atom is 0.255 e. The fourth-order valence-electron chi connectivity index (χ4n) is 2.63. The Morgan fingerprint density at radius 1 is 1.20 bits per heavy atom. The summed E-state index contributed by atoms with van der Waals surface area (Å²) in [5, 5.41) is 3.56. The summed E-state index contributed by atoms with van der Waals surface area (Å²) in [5.41, 5.74) is 1.91. The van der Waals surface area contributed by atoms with E-state index < -0.39 is 5.82 Å². The lowest BCUT2D eigenvalue weighted by molar-refractivity contribution is 0.102. The number of anilines is 2. The van der Waals surface area contributed by atoms with Gasteiger partial charge in [-0.1, -0.05) is 0 Å². The van der Waals surface area contributed by atoms with Gasteiger partial charge in [-0.25, -0.2) is 4.39 Å². The Bertz CT molecular complexity index is 941. The highest BCUT2D eigenvalue weighted by atomic mass is 19.1. The van der Waals surface area contributed by atoms with Gasteiger partial charge >= 0.3 is 0 Å². The van der Waals surface area contributed by atoms with Gasteiger partial charge in [0.1, 0.15) is 17.1 Å². The molecule has 6 heteroatoms. The van der Waals surface area contributed by atoms with E-state index >= 15 is 0 Å². The molecule has 128 valence electrons. The van der Waals surface area contributed by atoms with Crippen molar-refractivity contribution < 1.29 is 13.9 Å². The van der Waals surface area contributed by atoms with Crippen LogP contribution in [0.5, 0.6) is 5.75 Å². The van der Waals surface area contributed by atoms with Crippen LogP contribution in [-0.4, -0.2) is 32.1 Å². The Kier molecular flexibility index (Phi) is 4.52. The third-order valence-electron chi connectivity index (χ3n) is 3.89. The number of carbonyl (C=O) groups excluding carboxylic acids is 1. The molecule has 0 saturated carbocycles. The van der Waals surface area contributed by atoms with Crippen molar-refractivity contribution in [1.29, 1.82) is 0 Å². The molecule has 0 saturated heterocycles. The summed E-state index contributed by atoms with van der Waals surface area (Å²) in [6.07, 6.45) is 1.66. The first kappa shape index (κ1) is 16.7. The normalized spacial score (nSPS) is 10.6. The van der Waals surface area contributed by atoms with Crippen molar-refractivity contribution >= 4 is 28.2 Å². The molecule has 1 heterocycles. The topological polar surface area (TPSA) is 54.5 Å². The molecule has 1 N–H and O–H groups in total. The van der Waals surface area contributed by atoms with Crippen molar-refractivity contribution in [2.45, 2.75) is 0 Å². The largest absolute Gasteiger partial charge is 0.494 e. The SMILES string of the molecule is COc1ccc(NC(=O)c2ccc(N(C)C)c(F)c2)c2cccnc12. The molecule has 1 amide bonds. The van der Waals surface area contributed by atoms with Crippen molar-refractivity contribution in [1.82, 2.24) is 4.98 Å². The molecule has 0 bridgehead atoms. The van der Waals surface area contributed by atoms with Gasteiger partial charge < -0.3 is 15.0 Å². The van der Waals surface area contributed by atoms with Crippen molar-refractivity contribution in [2.24, 2.45) is 0 Å². The molecular weight excluding hydrogens is 321 g/mol. The van der Waals surface area contributed by atoms with Crippen LogP contribution in [0, 0.1) is 5.82 Å². The fourth-order valence-corrected chi connectivity index (χ4v) is 2.63. The lowest BCUT2D eigenvalue weighted by Gasteiger charge is -2.14. The van der Waals surface area contributed by atoms with Gasteiger partial charge in [0, 0.05) is 31.2 Å². The predicted octanol–water partition coefficient (Wildman–Crippen LogP) is 3.70. The molecule has 5 nitrogen and oxygen atoms in total. The van der Waals surface area contributed by atoms with Crippen LogP contribution in [0.3, 0.4) is 0 Å². The van der Waals surface area contributed by atoms with Crippen LogP contribution in [0.15, 0.2) is 48.7 Å². The number of nitrogens with zero attached hydrogens (tertiary/aromatic N) is 2. The zero-order valence-electron chi connectivity index (χ0n) is 14.2. The molecule has 0 fully saturated rings. The van der Waals surface area contributed by atoms with E-state index in [4.69, 9.17) is 4.74 Å². The summed E-state index contributed by atoms with van der Waals surface area (Å²) < 4.78 is 19.4. The van der Waals surface area contributed by atoms with Gasteiger partial charge in [-0.3, -0.25) is 9.78 Å². The van der Waals surface area contributed by atoms with E-state index in [2.05, 4.69) is 10.3 Å². The van der Waals surface area contributed by atoms with E-state index in [1.807, 2.05) is 6.07 Å². The van der Waals surface area contributed by atoms with Crippen molar-refractivity contribution in [3.63, 3.8) is 0 Å². The van der Waals surface area contributed by atoms with Gasteiger partial charge in [0.15, 0.2) is 0 Å². The van der Waals surface area contributed by atoms with Gasteiger partial charge in [0.2, 0.25) is 0 Å². The third-order valence-corrected chi connectivity index (χ3v) is 3.89. The molecule has 0 aliphatic heterocycles. The number of hydrogen-bond donors (Lipinski definition) is 1. The Morgan fingerprint density at radius 3 is 2.68 bits per heavy atom. The van der Waals surface area contributed by atoms with Crippen LogP contribution in [0.1, 0.15) is 10.4 Å². The molecule has 0 spiro atoms. The zero-order chi connectivity index (χ0) is 18.0. The van der Waals surface area contributed by atoms with Crippen molar-refractivity contribution in [3.05, 3.63) is 60.0 Å². The number of pyridine rings is 1. The van der Waals surface area contributed by atoms with Gasteiger partial charge in [-0.2, -0.15) is 0 Å². The molecule has 1 aromatic heterocycles. The summed E-state index contributed by atoms with van der Waals surface area (Å²) >= 11 is 0. The molecule has 0 atom stereocenters. The molecule has 0 aliphatic rings. The third kappa shape index (κ3) is 3.24. The zero-order valence-corrected chi connectivity index (χ0v) is 14.2. The summed E-state index contributed by atoms with van der Waals surface area (Å²) in [5.74, 6) is -0.214. The Balaban J connectivity index is 1.94. The first-order valence-electron chi connectivity index (χ1n) is 7.71. The van der Waals surface area contributed by atoms with Crippen LogP contribution in [0.2, 0.25) is 0 Å². The highest BCUT2D eigenvalue weighted by molar-refractivity contribution is 6.09. The minimum Gasteiger partial charge on any atom is -0.494 e. The molecular formula is C19H18FN3O2. The lowest BCUT2D eigenvalue weighted by atomic mass is 10.1. The minimum atomic E-state index is -0.445. The monoisotopic (exact) mass is 339 g/mol. The number of aromatic nitrogens is 1. The lowest BCUT2D eigenvalue weighted by Crippen LogP contribution is -2.15. The number of halogens is 1. The summed E-state index contributed by atoms with van der Waals surface area (Å²) in [6.45, 7) is 0. The smallest absolute Gasteiger partial charge is 0.255 e. The second kappa shape index (κ2) is 6.76. The van der Waals surface area contributed by atoms with Gasteiger partial charge in [0.25, 0.3) is 5.91 Å². The summed E-state index contributed by atoms with van der Waals surface area (Å²) in [7, 11) is 5.06. The molecule has 0 unspecified atom stereocenters. The second-order valence-electron chi connectivity index (χ2n) is 5.73. The summed E-state index contributed by atoms with van der Waals surface area (Å²) in [4.78, 5) is 18.5. The Hall–Kier alpha value is -3.15. The highest BCUT2D eigenvalue weighted by Gasteiger charge is 2.14. The van der Waals surface area contributed by atoms with Crippen LogP contribution >= 0.6 is 0 Å². The number of carbonyl (C=O) groups is 1. The van der Waals surface area contributed by atoms with Crippen LogP contribution in [-0.2, 0) is 0 Å². The van der Waals surface area contributed by atoms with Gasteiger partial charge in [0.05, 0.1) is 18.5 Å². The maximum absolute atomic E-state index is 14.1. The van der Waals surface area contributed by atoms with Crippen LogP contribution in [0.25, 0.3) is 10.9 Å². The van der Waals surface area contributed by atoms with E-state index in [1.54, 1.807) is 62.6 Å². The number of benzene rings is 2. The first-order chi connectivity index (χ1) is 12.0.